The Labute approximate surface area is 121 Å². The van der Waals surface area contributed by atoms with E-state index in [1.807, 2.05) is 0 Å². The highest BCUT2D eigenvalue weighted by atomic mass is 79.9. The van der Waals surface area contributed by atoms with Gasteiger partial charge in [0.05, 0.1) is 10.0 Å². The molecule has 3 nitrogen and oxygen atoms in total. The van der Waals surface area contributed by atoms with Crippen LogP contribution in [0.1, 0.15) is 24.2 Å². The van der Waals surface area contributed by atoms with Gasteiger partial charge in [0.2, 0.25) is 0 Å². The molecule has 0 saturated carbocycles. The molecule has 0 spiro atoms. The Balaban J connectivity index is 2.15. The van der Waals surface area contributed by atoms with Crippen molar-refractivity contribution >= 4 is 21.8 Å². The topological polar surface area (TPSA) is 23.6 Å². The average molecular weight is 329 g/mol. The number of carbonyl (C=O) groups is 1. The molecule has 2 rings (SSSR count). The molecule has 1 amide bonds. The predicted molar refractivity (Wildman–Crippen MR) is 76.7 cm³/mol. The van der Waals surface area contributed by atoms with Crippen molar-refractivity contribution in [1.29, 1.82) is 0 Å². The van der Waals surface area contributed by atoms with Crippen LogP contribution in [-0.4, -0.2) is 47.9 Å². The van der Waals surface area contributed by atoms with Gasteiger partial charge in [0.15, 0.2) is 0 Å². The summed E-state index contributed by atoms with van der Waals surface area (Å²) in [6.07, 6.45) is 0. The Morgan fingerprint density at radius 3 is 2.84 bits per heavy atom. The monoisotopic (exact) mass is 328 g/mol. The van der Waals surface area contributed by atoms with Crippen LogP contribution >= 0.6 is 15.9 Å². The van der Waals surface area contributed by atoms with Gasteiger partial charge < -0.3 is 4.90 Å². The number of piperazine rings is 1. The lowest BCUT2D eigenvalue weighted by atomic mass is 10.1. The van der Waals surface area contributed by atoms with E-state index in [0.717, 1.165) is 13.1 Å². The van der Waals surface area contributed by atoms with E-state index in [1.54, 1.807) is 17.0 Å². The number of hydrogen-bond donors (Lipinski definition) is 0. The molecule has 1 fully saturated rings. The first-order chi connectivity index (χ1) is 9.04. The lowest BCUT2D eigenvalue weighted by Crippen LogP contribution is -2.53. The summed E-state index contributed by atoms with van der Waals surface area (Å²) in [4.78, 5) is 16.6. The van der Waals surface area contributed by atoms with Crippen LogP contribution in [-0.2, 0) is 0 Å². The van der Waals surface area contributed by atoms with Crippen LogP contribution in [0.2, 0.25) is 0 Å². The molecule has 0 bridgehead atoms. The molecule has 1 aromatic carbocycles. The molecule has 104 valence electrons. The normalized spacial score (nSPS) is 20.6. The summed E-state index contributed by atoms with van der Waals surface area (Å²) in [6, 6.07) is 4.92. The minimum Gasteiger partial charge on any atom is -0.336 e. The molecular formula is C14H18BrFN2O. The maximum absolute atomic E-state index is 13.5. The molecule has 0 aromatic heterocycles. The number of hydrogen-bond acceptors (Lipinski definition) is 2. The van der Waals surface area contributed by atoms with Crippen molar-refractivity contribution in [2.24, 2.45) is 0 Å². The SMILES string of the molecule is CCN1CCN(C(=O)c2cccc(F)c2Br)CC1C. The fraction of sp³-hybridized carbons (Fsp3) is 0.500. The Morgan fingerprint density at radius 1 is 1.47 bits per heavy atom. The van der Waals surface area contributed by atoms with Crippen LogP contribution in [0.25, 0.3) is 0 Å². The molecule has 1 saturated heterocycles. The van der Waals surface area contributed by atoms with E-state index in [9.17, 15) is 9.18 Å². The maximum atomic E-state index is 13.5. The number of benzene rings is 1. The van der Waals surface area contributed by atoms with Crippen molar-refractivity contribution in [3.63, 3.8) is 0 Å². The van der Waals surface area contributed by atoms with Gasteiger partial charge in [-0.3, -0.25) is 9.69 Å². The smallest absolute Gasteiger partial charge is 0.255 e. The Bertz CT molecular complexity index is 481. The summed E-state index contributed by atoms with van der Waals surface area (Å²) in [7, 11) is 0. The van der Waals surface area contributed by atoms with Crippen LogP contribution in [0.3, 0.4) is 0 Å². The third kappa shape index (κ3) is 2.98. The molecule has 1 aromatic rings. The standard InChI is InChI=1S/C14H18BrFN2O/c1-3-17-7-8-18(9-10(17)2)14(19)11-5-4-6-12(16)13(11)15/h4-6,10H,3,7-9H2,1-2H3. The molecule has 1 aliphatic rings. The summed E-state index contributed by atoms with van der Waals surface area (Å²) >= 11 is 3.16. The van der Waals surface area contributed by atoms with Gasteiger partial charge in [-0.1, -0.05) is 13.0 Å². The lowest BCUT2D eigenvalue weighted by molar-refractivity contribution is 0.0527. The lowest BCUT2D eigenvalue weighted by Gasteiger charge is -2.39. The van der Waals surface area contributed by atoms with Crippen molar-refractivity contribution in [1.82, 2.24) is 9.80 Å². The summed E-state index contributed by atoms with van der Waals surface area (Å²) in [6.45, 7) is 7.49. The van der Waals surface area contributed by atoms with E-state index in [2.05, 4.69) is 34.7 Å². The van der Waals surface area contributed by atoms with E-state index in [1.165, 1.54) is 6.07 Å². The van der Waals surface area contributed by atoms with Gasteiger partial charge in [-0.15, -0.1) is 0 Å². The minimum atomic E-state index is -0.397. The van der Waals surface area contributed by atoms with E-state index in [-0.39, 0.29) is 10.4 Å². The first-order valence-electron chi connectivity index (χ1n) is 6.52. The molecule has 0 aliphatic carbocycles. The second-order valence-corrected chi connectivity index (χ2v) is 5.62. The first-order valence-corrected chi connectivity index (χ1v) is 7.31. The van der Waals surface area contributed by atoms with E-state index in [0.29, 0.717) is 24.7 Å². The van der Waals surface area contributed by atoms with E-state index >= 15 is 0 Å². The number of rotatable bonds is 2. The highest BCUT2D eigenvalue weighted by molar-refractivity contribution is 9.10. The quantitative estimate of drug-likeness (QED) is 0.833. The number of likely N-dealkylation sites (N-methyl/N-ethyl adjacent to an activating group) is 1. The first kappa shape index (κ1) is 14.5. The minimum absolute atomic E-state index is 0.103. The van der Waals surface area contributed by atoms with Gasteiger partial charge in [0.25, 0.3) is 5.91 Å². The second-order valence-electron chi connectivity index (χ2n) is 4.83. The van der Waals surface area contributed by atoms with E-state index in [4.69, 9.17) is 0 Å². The number of halogens is 2. The van der Waals surface area contributed by atoms with Crippen molar-refractivity contribution in [3.8, 4) is 0 Å². The summed E-state index contributed by atoms with van der Waals surface area (Å²) in [5.41, 5.74) is 0.400. The Morgan fingerprint density at radius 2 is 2.21 bits per heavy atom. The summed E-state index contributed by atoms with van der Waals surface area (Å²) in [5.74, 6) is -0.500. The maximum Gasteiger partial charge on any atom is 0.255 e. The third-order valence-electron chi connectivity index (χ3n) is 3.64. The molecule has 19 heavy (non-hydrogen) atoms. The predicted octanol–water partition coefficient (Wildman–Crippen LogP) is 2.75. The van der Waals surface area contributed by atoms with Crippen molar-refractivity contribution < 1.29 is 9.18 Å². The molecule has 0 radical (unpaired) electrons. The van der Waals surface area contributed by atoms with Gasteiger partial charge in [-0.25, -0.2) is 4.39 Å². The van der Waals surface area contributed by atoms with Gasteiger partial charge in [-0.2, -0.15) is 0 Å². The second kappa shape index (κ2) is 6.01. The fourth-order valence-corrected chi connectivity index (χ4v) is 2.92. The fourth-order valence-electron chi connectivity index (χ4n) is 2.49. The molecule has 1 heterocycles. The highest BCUT2D eigenvalue weighted by Gasteiger charge is 2.27. The van der Waals surface area contributed by atoms with Crippen molar-refractivity contribution in [2.75, 3.05) is 26.2 Å². The van der Waals surface area contributed by atoms with Crippen LogP contribution in [0, 0.1) is 5.82 Å². The molecule has 1 atom stereocenters. The summed E-state index contributed by atoms with van der Waals surface area (Å²) < 4.78 is 13.7. The molecular weight excluding hydrogens is 311 g/mol. The Hall–Kier alpha value is -0.940. The Kier molecular flexibility index (Phi) is 4.58. The van der Waals surface area contributed by atoms with Crippen LogP contribution in [0.15, 0.2) is 22.7 Å². The van der Waals surface area contributed by atoms with Crippen molar-refractivity contribution in [3.05, 3.63) is 34.1 Å². The number of amides is 1. The van der Waals surface area contributed by atoms with Gasteiger partial charge in [0.1, 0.15) is 5.82 Å². The zero-order valence-corrected chi connectivity index (χ0v) is 12.8. The average Bonchev–Trinajstić information content (AvgIpc) is 2.41. The van der Waals surface area contributed by atoms with Crippen LogP contribution < -0.4 is 0 Å². The number of nitrogens with zero attached hydrogens (tertiary/aromatic N) is 2. The summed E-state index contributed by atoms with van der Waals surface area (Å²) in [5, 5.41) is 0. The van der Waals surface area contributed by atoms with Gasteiger partial charge in [0, 0.05) is 25.7 Å². The highest BCUT2D eigenvalue weighted by Crippen LogP contribution is 2.23. The van der Waals surface area contributed by atoms with E-state index < -0.39 is 5.82 Å². The van der Waals surface area contributed by atoms with Gasteiger partial charge >= 0.3 is 0 Å². The van der Waals surface area contributed by atoms with Gasteiger partial charge in [-0.05, 0) is 41.5 Å². The third-order valence-corrected chi connectivity index (χ3v) is 4.45. The zero-order valence-electron chi connectivity index (χ0n) is 11.2. The zero-order chi connectivity index (χ0) is 14.0. The van der Waals surface area contributed by atoms with Crippen LogP contribution in [0.4, 0.5) is 4.39 Å². The molecule has 1 unspecified atom stereocenters. The van der Waals surface area contributed by atoms with Crippen molar-refractivity contribution in [2.45, 2.75) is 19.9 Å². The van der Waals surface area contributed by atoms with Crippen LogP contribution in [0.5, 0.6) is 0 Å². The largest absolute Gasteiger partial charge is 0.336 e. The molecule has 5 heteroatoms. The number of carbonyl (C=O) groups excluding carboxylic acids is 1. The molecule has 1 aliphatic heterocycles. The molecule has 0 N–H and O–H groups in total.